The second-order valence-electron chi connectivity index (χ2n) is 7.01. The summed E-state index contributed by atoms with van der Waals surface area (Å²) in [6.07, 6.45) is 0. The van der Waals surface area contributed by atoms with Crippen LogP contribution in [-0.2, 0) is 0 Å². The van der Waals surface area contributed by atoms with Crippen LogP contribution in [0.4, 0.5) is 5.69 Å². The van der Waals surface area contributed by atoms with Gasteiger partial charge in [0.1, 0.15) is 0 Å². The van der Waals surface area contributed by atoms with Crippen LogP contribution in [0.3, 0.4) is 0 Å². The minimum atomic E-state index is -0.316. The van der Waals surface area contributed by atoms with E-state index in [1.807, 2.05) is 48.5 Å². The summed E-state index contributed by atoms with van der Waals surface area (Å²) in [6, 6.07) is 18.6. The van der Waals surface area contributed by atoms with Crippen molar-refractivity contribution in [3.63, 3.8) is 0 Å². The first-order chi connectivity index (χ1) is 15.1. The van der Waals surface area contributed by atoms with Crippen LogP contribution >= 0.6 is 0 Å². The molecule has 0 fully saturated rings. The monoisotopic (exact) mass is 411 g/mol. The minimum absolute atomic E-state index is 0.311. The van der Waals surface area contributed by atoms with Gasteiger partial charge in [-0.1, -0.05) is 52.8 Å². The van der Waals surface area contributed by atoms with E-state index < -0.39 is 0 Å². The van der Waals surface area contributed by atoms with Crippen molar-refractivity contribution < 1.29 is 13.8 Å². The normalized spacial score (nSPS) is 11.0. The Morgan fingerprint density at radius 3 is 2.45 bits per heavy atom. The summed E-state index contributed by atoms with van der Waals surface area (Å²) >= 11 is 0. The average Bonchev–Trinajstić information content (AvgIpc) is 3.40. The van der Waals surface area contributed by atoms with Crippen LogP contribution in [0.25, 0.3) is 33.7 Å². The van der Waals surface area contributed by atoms with Gasteiger partial charge in [0, 0.05) is 18.1 Å². The number of carbonyl (C=O) groups is 1. The van der Waals surface area contributed by atoms with Gasteiger partial charge in [-0.2, -0.15) is 4.98 Å². The summed E-state index contributed by atoms with van der Waals surface area (Å²) < 4.78 is 10.5. The van der Waals surface area contributed by atoms with E-state index >= 15 is 0 Å². The van der Waals surface area contributed by atoms with Gasteiger partial charge in [0.25, 0.3) is 11.6 Å². The number of aromatic nitrogens is 4. The van der Waals surface area contributed by atoms with E-state index in [-0.39, 0.29) is 5.91 Å². The van der Waals surface area contributed by atoms with Crippen LogP contribution in [0.15, 0.2) is 69.7 Å². The van der Waals surface area contributed by atoms with Gasteiger partial charge < -0.3 is 14.4 Å². The van der Waals surface area contributed by atoms with Crippen molar-refractivity contribution in [1.29, 1.82) is 0 Å². The topological polar surface area (TPSA) is 107 Å². The summed E-state index contributed by atoms with van der Waals surface area (Å²) in [5.74, 6) is 0.530. The fraction of sp³-hybridized carbons (Fsp3) is 0.0870. The van der Waals surface area contributed by atoms with E-state index in [9.17, 15) is 4.79 Å². The van der Waals surface area contributed by atoms with Gasteiger partial charge in [-0.05, 0) is 25.1 Å². The predicted octanol–water partition coefficient (Wildman–Crippen LogP) is 4.81. The maximum atomic E-state index is 13.4. The Bertz CT molecular complexity index is 1410. The molecule has 1 N–H and O–H groups in total. The highest BCUT2D eigenvalue weighted by molar-refractivity contribution is 6.13. The van der Waals surface area contributed by atoms with E-state index in [1.54, 1.807) is 26.0 Å². The van der Waals surface area contributed by atoms with Gasteiger partial charge in [-0.25, -0.2) is 4.98 Å². The number of benzene rings is 2. The largest absolute Gasteiger partial charge is 0.339 e. The molecule has 3 aromatic heterocycles. The highest BCUT2D eigenvalue weighted by Crippen LogP contribution is 2.30. The maximum absolute atomic E-state index is 13.4. The lowest BCUT2D eigenvalue weighted by Crippen LogP contribution is -2.14. The van der Waals surface area contributed by atoms with Crippen molar-refractivity contribution in [3.8, 4) is 22.6 Å². The first-order valence-corrected chi connectivity index (χ1v) is 9.63. The Kier molecular flexibility index (Phi) is 4.51. The molecule has 0 saturated heterocycles. The van der Waals surface area contributed by atoms with Crippen molar-refractivity contribution in [2.75, 3.05) is 5.32 Å². The van der Waals surface area contributed by atoms with E-state index in [0.29, 0.717) is 51.0 Å². The molecule has 0 atom stereocenters. The van der Waals surface area contributed by atoms with Crippen molar-refractivity contribution in [2.24, 2.45) is 0 Å². The molecular weight excluding hydrogens is 394 g/mol. The molecule has 0 aliphatic carbocycles. The molecule has 2 aromatic carbocycles. The Labute approximate surface area is 176 Å². The zero-order valence-corrected chi connectivity index (χ0v) is 16.8. The Morgan fingerprint density at radius 2 is 1.68 bits per heavy atom. The summed E-state index contributed by atoms with van der Waals surface area (Å²) in [6.45, 7) is 3.49. The number of nitrogens with one attached hydrogen (secondary N) is 1. The number of pyridine rings is 1. The van der Waals surface area contributed by atoms with E-state index in [2.05, 4.69) is 25.6 Å². The number of hydrogen-bond donors (Lipinski definition) is 1. The SMILES string of the molecule is Cc1nc(-c2ccccc2NC(=O)c2cc(-c3ccccc3)nc3onc(C)c23)no1. The highest BCUT2D eigenvalue weighted by atomic mass is 16.5. The Balaban J connectivity index is 1.59. The van der Waals surface area contributed by atoms with Gasteiger partial charge in [-0.15, -0.1) is 0 Å². The second kappa shape index (κ2) is 7.49. The second-order valence-corrected chi connectivity index (χ2v) is 7.01. The molecular formula is C23H17N5O3. The first-order valence-electron chi connectivity index (χ1n) is 9.63. The number of nitrogens with zero attached hydrogens (tertiary/aromatic N) is 4. The molecule has 0 bridgehead atoms. The molecule has 31 heavy (non-hydrogen) atoms. The van der Waals surface area contributed by atoms with Gasteiger partial charge in [-0.3, -0.25) is 4.79 Å². The first kappa shape index (κ1) is 18.7. The van der Waals surface area contributed by atoms with Gasteiger partial charge in [0.05, 0.1) is 28.0 Å². The third-order valence-electron chi connectivity index (χ3n) is 4.88. The number of para-hydroxylation sites is 1. The van der Waals surface area contributed by atoms with Crippen molar-refractivity contribution in [2.45, 2.75) is 13.8 Å². The quantitative estimate of drug-likeness (QED) is 0.452. The molecule has 0 saturated carbocycles. The predicted molar refractivity (Wildman–Crippen MR) is 114 cm³/mol. The number of fused-ring (bicyclic) bond motifs is 1. The van der Waals surface area contributed by atoms with Crippen LogP contribution in [-0.4, -0.2) is 26.2 Å². The Hall–Kier alpha value is -4.33. The fourth-order valence-corrected chi connectivity index (χ4v) is 3.42. The summed E-state index contributed by atoms with van der Waals surface area (Å²) in [5.41, 5.74) is 4.03. The zero-order chi connectivity index (χ0) is 21.4. The fourth-order valence-electron chi connectivity index (χ4n) is 3.42. The molecule has 3 heterocycles. The summed E-state index contributed by atoms with van der Waals surface area (Å²) in [5, 5.41) is 11.5. The lowest BCUT2D eigenvalue weighted by atomic mass is 10.0. The molecule has 1 amide bonds. The van der Waals surface area contributed by atoms with E-state index in [0.717, 1.165) is 5.56 Å². The van der Waals surface area contributed by atoms with Crippen molar-refractivity contribution >= 4 is 22.7 Å². The number of rotatable bonds is 4. The van der Waals surface area contributed by atoms with E-state index in [1.165, 1.54) is 0 Å². The third kappa shape index (κ3) is 3.44. The van der Waals surface area contributed by atoms with Crippen molar-refractivity contribution in [1.82, 2.24) is 20.3 Å². The molecule has 8 nitrogen and oxygen atoms in total. The summed E-state index contributed by atoms with van der Waals surface area (Å²) in [7, 11) is 0. The van der Waals surface area contributed by atoms with Crippen molar-refractivity contribution in [3.05, 3.63) is 77.8 Å². The standard InChI is InChI=1S/C23H17N5O3/c1-13-20-17(12-19(26-23(20)31-27-13)15-8-4-3-5-9-15)22(29)25-18-11-7-6-10-16(18)21-24-14(2)30-28-21/h3-12H,1-2H3,(H,25,29). The number of hydrogen-bond acceptors (Lipinski definition) is 7. The van der Waals surface area contributed by atoms with Crippen LogP contribution < -0.4 is 5.32 Å². The van der Waals surface area contributed by atoms with Crippen LogP contribution in [0.2, 0.25) is 0 Å². The lowest BCUT2D eigenvalue weighted by Gasteiger charge is -2.10. The van der Waals surface area contributed by atoms with Crippen LogP contribution in [0.5, 0.6) is 0 Å². The number of amides is 1. The Morgan fingerprint density at radius 1 is 0.903 bits per heavy atom. The summed E-state index contributed by atoms with van der Waals surface area (Å²) in [4.78, 5) is 22.2. The highest BCUT2D eigenvalue weighted by Gasteiger charge is 2.21. The smallest absolute Gasteiger partial charge is 0.259 e. The molecule has 0 spiro atoms. The number of anilines is 1. The molecule has 5 rings (SSSR count). The van der Waals surface area contributed by atoms with Crippen LogP contribution in [0.1, 0.15) is 21.9 Å². The van der Waals surface area contributed by atoms with Gasteiger partial charge in [0.15, 0.2) is 0 Å². The molecule has 152 valence electrons. The molecule has 5 aromatic rings. The molecule has 0 unspecified atom stereocenters. The van der Waals surface area contributed by atoms with Gasteiger partial charge >= 0.3 is 0 Å². The maximum Gasteiger partial charge on any atom is 0.259 e. The average molecular weight is 411 g/mol. The molecule has 0 aliphatic rings. The number of aryl methyl sites for hydroxylation is 2. The lowest BCUT2D eigenvalue weighted by molar-refractivity contribution is 0.102. The minimum Gasteiger partial charge on any atom is -0.339 e. The number of carbonyl (C=O) groups excluding carboxylic acids is 1. The zero-order valence-electron chi connectivity index (χ0n) is 16.8. The van der Waals surface area contributed by atoms with E-state index in [4.69, 9.17) is 9.05 Å². The van der Waals surface area contributed by atoms with Gasteiger partial charge in [0.2, 0.25) is 11.7 Å². The molecule has 0 aliphatic heterocycles. The molecule has 0 radical (unpaired) electrons. The van der Waals surface area contributed by atoms with Crippen LogP contribution in [0, 0.1) is 13.8 Å². The molecule has 8 heteroatoms. The third-order valence-corrected chi connectivity index (χ3v) is 4.88.